The van der Waals surface area contributed by atoms with Gasteiger partial charge in [-0.25, -0.2) is 4.99 Å². The second kappa shape index (κ2) is 9.59. The molecule has 0 saturated carbocycles. The molecule has 0 radical (unpaired) electrons. The van der Waals surface area contributed by atoms with Gasteiger partial charge in [0.2, 0.25) is 0 Å². The topological polar surface area (TPSA) is 66.7 Å². The van der Waals surface area contributed by atoms with Crippen molar-refractivity contribution in [2.45, 2.75) is 39.0 Å². The van der Waals surface area contributed by atoms with E-state index in [4.69, 9.17) is 4.74 Å². The number of aliphatic imine (C=N–C) groups is 1. The van der Waals surface area contributed by atoms with Crippen molar-refractivity contribution in [3.8, 4) is 5.75 Å². The molecule has 152 valence electrons. The first-order valence-corrected chi connectivity index (χ1v) is 8.47. The van der Waals surface area contributed by atoms with Crippen molar-refractivity contribution in [1.82, 2.24) is 4.90 Å². The Morgan fingerprint density at radius 3 is 2.44 bits per heavy atom. The summed E-state index contributed by atoms with van der Waals surface area (Å²) in [6.07, 6.45) is -3.29. The predicted octanol–water partition coefficient (Wildman–Crippen LogP) is 3.78. The van der Waals surface area contributed by atoms with Crippen LogP contribution in [0.3, 0.4) is 0 Å². The molecule has 1 N–H and O–H groups in total. The van der Waals surface area contributed by atoms with E-state index in [1.807, 2.05) is 18.9 Å². The predicted molar refractivity (Wildman–Crippen MR) is 98.9 cm³/mol. The molecular formula is C18H26F3N3O3. The van der Waals surface area contributed by atoms with Crippen molar-refractivity contribution in [1.29, 1.82) is 0 Å². The Morgan fingerprint density at radius 2 is 1.93 bits per heavy atom. The van der Waals surface area contributed by atoms with Crippen molar-refractivity contribution in [2.75, 3.05) is 27.3 Å². The van der Waals surface area contributed by atoms with Crippen LogP contribution in [0.4, 0.5) is 18.9 Å². The number of aryl methyl sites for hydroxylation is 1. The quantitative estimate of drug-likeness (QED) is 0.397. The number of hydrogen-bond donors (Lipinski definition) is 1. The minimum Gasteiger partial charge on any atom is -0.496 e. The van der Waals surface area contributed by atoms with E-state index in [0.717, 1.165) is 12.8 Å². The van der Waals surface area contributed by atoms with Crippen LogP contribution in [0.25, 0.3) is 0 Å². The summed E-state index contributed by atoms with van der Waals surface area (Å²) in [5.74, 6) is -0.114. The van der Waals surface area contributed by atoms with Gasteiger partial charge in [0.05, 0.1) is 19.1 Å². The van der Waals surface area contributed by atoms with Crippen LogP contribution in [0.5, 0.6) is 5.75 Å². The highest BCUT2D eigenvalue weighted by atomic mass is 19.4. The van der Waals surface area contributed by atoms with E-state index in [1.54, 1.807) is 20.2 Å². The van der Waals surface area contributed by atoms with Crippen LogP contribution in [0.2, 0.25) is 0 Å². The first-order chi connectivity index (χ1) is 12.6. The number of hydrogen-bond acceptors (Lipinski definition) is 5. The Balaban J connectivity index is 3.41. The summed E-state index contributed by atoms with van der Waals surface area (Å²) in [5, 5.41) is 13.9. The Bertz CT molecular complexity index is 678. The first-order valence-electron chi connectivity index (χ1n) is 8.47. The van der Waals surface area contributed by atoms with E-state index in [1.165, 1.54) is 19.2 Å². The molecule has 1 aromatic carbocycles. The Labute approximate surface area is 157 Å². The molecule has 0 aromatic heterocycles. The largest absolute Gasteiger partial charge is 0.496 e. The van der Waals surface area contributed by atoms with Crippen molar-refractivity contribution in [3.63, 3.8) is 0 Å². The molecule has 0 heterocycles. The van der Waals surface area contributed by atoms with Gasteiger partial charge in [0, 0.05) is 37.9 Å². The van der Waals surface area contributed by atoms with Crippen LogP contribution >= 0.6 is 0 Å². The normalized spacial score (nSPS) is 14.6. The SMILES string of the molecule is CCO/N=C/CC(O)(c1cc(C)c(N=CN(C)CC)cc1OC)C(F)(F)F. The maximum Gasteiger partial charge on any atom is 0.421 e. The van der Waals surface area contributed by atoms with Crippen LogP contribution < -0.4 is 4.74 Å². The molecule has 0 amide bonds. The fourth-order valence-corrected chi connectivity index (χ4v) is 2.23. The van der Waals surface area contributed by atoms with Gasteiger partial charge in [-0.3, -0.25) is 0 Å². The number of ether oxygens (including phenoxy) is 1. The lowest BCUT2D eigenvalue weighted by Crippen LogP contribution is -2.43. The maximum absolute atomic E-state index is 13.7. The van der Waals surface area contributed by atoms with Crippen LogP contribution in [0.1, 0.15) is 31.4 Å². The molecule has 27 heavy (non-hydrogen) atoms. The van der Waals surface area contributed by atoms with Crippen LogP contribution in [-0.2, 0) is 10.4 Å². The fraction of sp³-hybridized carbons (Fsp3) is 0.556. The van der Waals surface area contributed by atoms with Gasteiger partial charge in [-0.05, 0) is 32.4 Å². The Hall–Kier alpha value is -2.29. The van der Waals surface area contributed by atoms with Crippen molar-refractivity contribution in [2.24, 2.45) is 10.1 Å². The minimum absolute atomic E-state index is 0.114. The van der Waals surface area contributed by atoms with Gasteiger partial charge in [-0.1, -0.05) is 5.16 Å². The molecular weight excluding hydrogens is 363 g/mol. The van der Waals surface area contributed by atoms with Gasteiger partial charge in [0.1, 0.15) is 12.4 Å². The molecule has 1 aromatic rings. The second-order valence-corrected chi connectivity index (χ2v) is 5.92. The average molecular weight is 389 g/mol. The highest BCUT2D eigenvalue weighted by Gasteiger charge is 2.56. The molecule has 0 aliphatic carbocycles. The van der Waals surface area contributed by atoms with E-state index in [0.29, 0.717) is 11.3 Å². The van der Waals surface area contributed by atoms with Gasteiger partial charge in [0.15, 0.2) is 5.60 Å². The number of alkyl halides is 3. The third-order valence-electron chi connectivity index (χ3n) is 3.99. The monoisotopic (exact) mass is 389 g/mol. The first kappa shape index (κ1) is 22.8. The molecule has 1 rings (SSSR count). The molecule has 0 aliphatic rings. The molecule has 6 nitrogen and oxygen atoms in total. The third kappa shape index (κ3) is 5.59. The summed E-state index contributed by atoms with van der Waals surface area (Å²) < 4.78 is 46.2. The van der Waals surface area contributed by atoms with Gasteiger partial charge < -0.3 is 19.6 Å². The number of nitrogens with zero attached hydrogens (tertiary/aromatic N) is 3. The molecule has 1 unspecified atom stereocenters. The van der Waals surface area contributed by atoms with E-state index >= 15 is 0 Å². The lowest BCUT2D eigenvalue weighted by molar-refractivity contribution is -0.263. The fourth-order valence-electron chi connectivity index (χ4n) is 2.23. The molecule has 0 fully saturated rings. The third-order valence-corrected chi connectivity index (χ3v) is 3.99. The maximum atomic E-state index is 13.7. The smallest absolute Gasteiger partial charge is 0.421 e. The summed E-state index contributed by atoms with van der Waals surface area (Å²) in [5.41, 5.74) is -2.66. The lowest BCUT2D eigenvalue weighted by atomic mass is 9.88. The number of aliphatic hydroxyl groups is 1. The van der Waals surface area contributed by atoms with E-state index in [-0.39, 0.29) is 12.4 Å². The van der Waals surface area contributed by atoms with E-state index < -0.39 is 23.8 Å². The zero-order valence-corrected chi connectivity index (χ0v) is 16.2. The van der Waals surface area contributed by atoms with Crippen molar-refractivity contribution < 1.29 is 27.9 Å². The zero-order valence-electron chi connectivity index (χ0n) is 16.2. The van der Waals surface area contributed by atoms with Crippen molar-refractivity contribution >= 4 is 18.2 Å². The summed E-state index contributed by atoms with van der Waals surface area (Å²) in [6, 6.07) is 2.61. The second-order valence-electron chi connectivity index (χ2n) is 5.92. The Kier molecular flexibility index (Phi) is 8.08. The zero-order chi connectivity index (χ0) is 20.7. The van der Waals surface area contributed by atoms with E-state index in [9.17, 15) is 18.3 Å². The molecule has 0 bridgehead atoms. The van der Waals surface area contributed by atoms with Crippen LogP contribution in [-0.4, -0.2) is 56.0 Å². The van der Waals surface area contributed by atoms with Gasteiger partial charge >= 0.3 is 6.18 Å². The Morgan fingerprint density at radius 1 is 1.26 bits per heavy atom. The molecule has 0 spiro atoms. The highest BCUT2D eigenvalue weighted by molar-refractivity contribution is 5.66. The summed E-state index contributed by atoms with van der Waals surface area (Å²) in [6.45, 7) is 6.14. The summed E-state index contributed by atoms with van der Waals surface area (Å²) in [4.78, 5) is 10.8. The molecule has 0 aliphatic heterocycles. The number of oxime groups is 1. The molecule has 9 heteroatoms. The van der Waals surface area contributed by atoms with Gasteiger partial charge in [-0.15, -0.1) is 0 Å². The van der Waals surface area contributed by atoms with Gasteiger partial charge in [-0.2, -0.15) is 13.2 Å². The standard InChI is InChI=1S/C18H26F3N3O3/c1-6-24(4)12-22-15-11-16(26-5)14(10-13(15)3)17(25,18(19,20)21)8-9-23-27-7-2/h9-12,25H,6-8H2,1-5H3/b22-12?,23-9+. The molecule has 1 atom stereocenters. The van der Waals surface area contributed by atoms with Gasteiger partial charge in [0.25, 0.3) is 0 Å². The van der Waals surface area contributed by atoms with E-state index in [2.05, 4.69) is 15.0 Å². The number of rotatable bonds is 9. The van der Waals surface area contributed by atoms with Crippen LogP contribution in [0, 0.1) is 6.92 Å². The number of benzene rings is 1. The lowest BCUT2D eigenvalue weighted by Gasteiger charge is -2.31. The average Bonchev–Trinajstić information content (AvgIpc) is 2.62. The minimum atomic E-state index is -4.95. The molecule has 0 saturated heterocycles. The summed E-state index contributed by atoms with van der Waals surface area (Å²) >= 11 is 0. The number of methoxy groups -OCH3 is 1. The van der Waals surface area contributed by atoms with Crippen LogP contribution in [0.15, 0.2) is 22.3 Å². The van der Waals surface area contributed by atoms with Crippen molar-refractivity contribution in [3.05, 3.63) is 23.3 Å². The highest BCUT2D eigenvalue weighted by Crippen LogP contribution is 2.46. The summed E-state index contributed by atoms with van der Waals surface area (Å²) in [7, 11) is 3.06. The number of halogens is 3.